The Bertz CT molecular complexity index is 370. The van der Waals surface area contributed by atoms with Gasteiger partial charge in [0.15, 0.2) is 0 Å². The molecular formula is C14H24N2O5. The van der Waals surface area contributed by atoms with E-state index in [2.05, 4.69) is 0 Å². The molecule has 0 heterocycles. The number of aromatic hydroxyl groups is 1. The Morgan fingerprint density at radius 1 is 0.619 bits per heavy atom. The van der Waals surface area contributed by atoms with E-state index in [1.54, 1.807) is 28.0 Å². The summed E-state index contributed by atoms with van der Waals surface area (Å²) in [6, 6.07) is 4.88. The molecule has 5 N–H and O–H groups in total. The zero-order chi connectivity index (χ0) is 15.7. The van der Waals surface area contributed by atoms with E-state index in [4.69, 9.17) is 20.4 Å². The molecule has 7 heteroatoms. The van der Waals surface area contributed by atoms with E-state index >= 15 is 0 Å². The average Bonchev–Trinajstić information content (AvgIpc) is 2.46. The SMILES string of the molecule is OCCN(CCO)c1cc(O)cc(N(CCO)CCO)c1. The summed E-state index contributed by atoms with van der Waals surface area (Å²) in [6.07, 6.45) is 0. The van der Waals surface area contributed by atoms with Crippen molar-refractivity contribution in [2.45, 2.75) is 0 Å². The van der Waals surface area contributed by atoms with Crippen LogP contribution in [0.1, 0.15) is 0 Å². The maximum atomic E-state index is 9.86. The van der Waals surface area contributed by atoms with Crippen molar-refractivity contribution in [1.29, 1.82) is 0 Å². The number of aliphatic hydroxyl groups is 4. The first-order valence-corrected chi connectivity index (χ1v) is 6.93. The lowest BCUT2D eigenvalue weighted by Gasteiger charge is -2.27. The Kier molecular flexibility index (Phi) is 7.84. The summed E-state index contributed by atoms with van der Waals surface area (Å²) in [5.74, 6) is 0.0456. The van der Waals surface area contributed by atoms with Gasteiger partial charge in [-0.05, 0) is 6.07 Å². The average molecular weight is 300 g/mol. The fourth-order valence-corrected chi connectivity index (χ4v) is 2.17. The summed E-state index contributed by atoms with van der Waals surface area (Å²) in [6.45, 7) is 1.08. The number of hydrogen-bond acceptors (Lipinski definition) is 7. The largest absolute Gasteiger partial charge is 0.508 e. The number of phenolic OH excluding ortho intramolecular Hbond substituents is 1. The highest BCUT2D eigenvalue weighted by Gasteiger charge is 2.12. The molecule has 0 spiro atoms. The zero-order valence-corrected chi connectivity index (χ0v) is 12.0. The van der Waals surface area contributed by atoms with E-state index < -0.39 is 0 Å². The number of anilines is 2. The second-order valence-corrected chi connectivity index (χ2v) is 4.58. The minimum absolute atomic E-state index is 0.0456. The van der Waals surface area contributed by atoms with Crippen LogP contribution in [0.15, 0.2) is 18.2 Å². The van der Waals surface area contributed by atoms with Gasteiger partial charge in [0.1, 0.15) is 5.75 Å². The van der Waals surface area contributed by atoms with Crippen molar-refractivity contribution in [2.24, 2.45) is 0 Å². The highest BCUT2D eigenvalue weighted by Crippen LogP contribution is 2.28. The molecule has 0 atom stereocenters. The van der Waals surface area contributed by atoms with Crippen molar-refractivity contribution in [3.8, 4) is 5.75 Å². The number of aliphatic hydroxyl groups excluding tert-OH is 4. The van der Waals surface area contributed by atoms with Crippen molar-refractivity contribution in [1.82, 2.24) is 0 Å². The first-order valence-electron chi connectivity index (χ1n) is 6.93. The van der Waals surface area contributed by atoms with Gasteiger partial charge in [0, 0.05) is 49.7 Å². The summed E-state index contributed by atoms with van der Waals surface area (Å²) in [7, 11) is 0. The Balaban J connectivity index is 3.05. The number of phenols is 1. The third kappa shape index (κ3) is 5.39. The predicted octanol–water partition coefficient (Wildman–Crippen LogP) is -1.03. The van der Waals surface area contributed by atoms with Crippen LogP contribution in [0.2, 0.25) is 0 Å². The Hall–Kier alpha value is -1.54. The van der Waals surface area contributed by atoms with Gasteiger partial charge in [-0.3, -0.25) is 0 Å². The molecule has 0 fully saturated rings. The third-order valence-electron chi connectivity index (χ3n) is 3.10. The maximum absolute atomic E-state index is 9.86. The van der Waals surface area contributed by atoms with Gasteiger partial charge in [0.25, 0.3) is 0 Å². The van der Waals surface area contributed by atoms with E-state index in [0.29, 0.717) is 37.6 Å². The van der Waals surface area contributed by atoms with Gasteiger partial charge in [-0.25, -0.2) is 0 Å². The molecule has 1 rings (SSSR count). The third-order valence-corrected chi connectivity index (χ3v) is 3.10. The molecule has 0 saturated carbocycles. The predicted molar refractivity (Wildman–Crippen MR) is 80.9 cm³/mol. The molecule has 0 radical (unpaired) electrons. The van der Waals surface area contributed by atoms with Gasteiger partial charge in [-0.2, -0.15) is 0 Å². The van der Waals surface area contributed by atoms with E-state index in [1.165, 1.54) is 0 Å². The van der Waals surface area contributed by atoms with Crippen LogP contribution in [0.4, 0.5) is 11.4 Å². The molecule has 1 aromatic rings. The van der Waals surface area contributed by atoms with Gasteiger partial charge in [0.2, 0.25) is 0 Å². The number of hydrogen-bond donors (Lipinski definition) is 5. The van der Waals surface area contributed by atoms with Gasteiger partial charge >= 0.3 is 0 Å². The molecule has 0 bridgehead atoms. The number of rotatable bonds is 10. The molecule has 0 aromatic heterocycles. The fraction of sp³-hybridized carbons (Fsp3) is 0.571. The molecule has 0 aliphatic heterocycles. The maximum Gasteiger partial charge on any atom is 0.119 e. The minimum atomic E-state index is -0.0675. The summed E-state index contributed by atoms with van der Waals surface area (Å²) < 4.78 is 0. The first kappa shape index (κ1) is 17.5. The highest BCUT2D eigenvalue weighted by molar-refractivity contribution is 5.63. The van der Waals surface area contributed by atoms with Crippen molar-refractivity contribution in [3.05, 3.63) is 18.2 Å². The zero-order valence-electron chi connectivity index (χ0n) is 12.0. The van der Waals surface area contributed by atoms with Gasteiger partial charge in [0.05, 0.1) is 26.4 Å². The molecule has 120 valence electrons. The smallest absolute Gasteiger partial charge is 0.119 e. The summed E-state index contributed by atoms with van der Waals surface area (Å²) in [4.78, 5) is 3.50. The Morgan fingerprint density at radius 3 is 1.24 bits per heavy atom. The van der Waals surface area contributed by atoms with Crippen LogP contribution < -0.4 is 9.80 Å². The molecule has 0 aliphatic rings. The molecular weight excluding hydrogens is 276 g/mol. The van der Waals surface area contributed by atoms with Crippen LogP contribution in [0.25, 0.3) is 0 Å². The normalized spacial score (nSPS) is 10.7. The summed E-state index contributed by atoms with van der Waals surface area (Å²) in [5.41, 5.74) is 1.32. The lowest BCUT2D eigenvalue weighted by Crippen LogP contribution is -2.31. The molecule has 0 aliphatic carbocycles. The molecule has 0 unspecified atom stereocenters. The van der Waals surface area contributed by atoms with Crippen LogP contribution in [0.3, 0.4) is 0 Å². The molecule has 1 aromatic carbocycles. The van der Waals surface area contributed by atoms with Crippen LogP contribution in [-0.4, -0.2) is 78.1 Å². The first-order chi connectivity index (χ1) is 10.2. The Labute approximate surface area is 124 Å². The van der Waals surface area contributed by atoms with Crippen molar-refractivity contribution >= 4 is 11.4 Å². The van der Waals surface area contributed by atoms with Crippen molar-refractivity contribution < 1.29 is 25.5 Å². The van der Waals surface area contributed by atoms with Crippen molar-refractivity contribution in [3.63, 3.8) is 0 Å². The molecule has 0 saturated heterocycles. The number of nitrogens with zero attached hydrogens (tertiary/aromatic N) is 2. The van der Waals surface area contributed by atoms with E-state index in [1.807, 2.05) is 0 Å². The second kappa shape index (κ2) is 9.41. The number of benzene rings is 1. The van der Waals surface area contributed by atoms with E-state index in [0.717, 1.165) is 0 Å². The minimum Gasteiger partial charge on any atom is -0.508 e. The highest BCUT2D eigenvalue weighted by atomic mass is 16.3. The molecule has 21 heavy (non-hydrogen) atoms. The van der Waals surface area contributed by atoms with Gasteiger partial charge in [-0.1, -0.05) is 0 Å². The second-order valence-electron chi connectivity index (χ2n) is 4.58. The quantitative estimate of drug-likeness (QED) is 0.376. The Morgan fingerprint density at radius 2 is 0.952 bits per heavy atom. The van der Waals surface area contributed by atoms with E-state index in [9.17, 15) is 5.11 Å². The fourth-order valence-electron chi connectivity index (χ4n) is 2.17. The van der Waals surface area contributed by atoms with Gasteiger partial charge < -0.3 is 35.3 Å². The molecule has 0 amide bonds. The van der Waals surface area contributed by atoms with Crippen LogP contribution in [0.5, 0.6) is 5.75 Å². The van der Waals surface area contributed by atoms with Gasteiger partial charge in [-0.15, -0.1) is 0 Å². The van der Waals surface area contributed by atoms with Crippen LogP contribution in [-0.2, 0) is 0 Å². The topological polar surface area (TPSA) is 108 Å². The van der Waals surface area contributed by atoms with E-state index in [-0.39, 0.29) is 32.2 Å². The standard InChI is InChI=1S/C14H24N2O5/c17-5-1-15(2-6-18)12-9-13(11-14(21)10-12)16(3-7-19)4-8-20/h9-11,17-21H,1-8H2. The van der Waals surface area contributed by atoms with Crippen molar-refractivity contribution in [2.75, 3.05) is 62.4 Å². The molecule has 7 nitrogen and oxygen atoms in total. The summed E-state index contributed by atoms with van der Waals surface area (Å²) in [5, 5.41) is 46.2. The monoisotopic (exact) mass is 300 g/mol. The van der Waals surface area contributed by atoms with Crippen LogP contribution >= 0.6 is 0 Å². The lowest BCUT2D eigenvalue weighted by atomic mass is 10.2. The van der Waals surface area contributed by atoms with Crippen LogP contribution in [0, 0.1) is 0 Å². The summed E-state index contributed by atoms with van der Waals surface area (Å²) >= 11 is 0. The lowest BCUT2D eigenvalue weighted by molar-refractivity contribution is 0.281.